The van der Waals surface area contributed by atoms with Gasteiger partial charge in [-0.3, -0.25) is 0 Å². The van der Waals surface area contributed by atoms with Crippen molar-refractivity contribution in [1.82, 2.24) is 5.32 Å². The van der Waals surface area contributed by atoms with Crippen LogP contribution in [0.5, 0.6) is 0 Å². The molecular formula is C17H28N2. The number of hydrogen-bond donors (Lipinski definition) is 1. The molecule has 2 nitrogen and oxygen atoms in total. The minimum Gasteiger partial charge on any atom is -0.370 e. The first-order chi connectivity index (χ1) is 9.22. The molecule has 0 radical (unpaired) electrons. The molecule has 0 saturated heterocycles. The van der Waals surface area contributed by atoms with Gasteiger partial charge in [0.15, 0.2) is 0 Å². The van der Waals surface area contributed by atoms with E-state index in [1.54, 1.807) is 0 Å². The van der Waals surface area contributed by atoms with Crippen molar-refractivity contribution in [3.63, 3.8) is 0 Å². The maximum Gasteiger partial charge on any atom is 0.0399 e. The summed E-state index contributed by atoms with van der Waals surface area (Å²) in [6.45, 7) is 10.2. The van der Waals surface area contributed by atoms with Crippen molar-refractivity contribution in [1.29, 1.82) is 0 Å². The van der Waals surface area contributed by atoms with Crippen LogP contribution in [0.2, 0.25) is 0 Å². The highest BCUT2D eigenvalue weighted by Gasteiger charge is 2.20. The van der Waals surface area contributed by atoms with Crippen LogP contribution in [0.1, 0.15) is 39.2 Å². The van der Waals surface area contributed by atoms with Crippen LogP contribution in [0.15, 0.2) is 24.3 Å². The van der Waals surface area contributed by atoms with Gasteiger partial charge in [-0.05, 0) is 43.4 Å². The molecule has 0 bridgehead atoms. The summed E-state index contributed by atoms with van der Waals surface area (Å²) in [5.74, 6) is 0.676. The quantitative estimate of drug-likeness (QED) is 0.872. The third kappa shape index (κ3) is 3.73. The molecule has 1 aromatic carbocycles. The maximum absolute atomic E-state index is 3.64. The van der Waals surface area contributed by atoms with Crippen molar-refractivity contribution < 1.29 is 0 Å². The summed E-state index contributed by atoms with van der Waals surface area (Å²) >= 11 is 0. The van der Waals surface area contributed by atoms with Gasteiger partial charge in [0.05, 0.1) is 0 Å². The zero-order valence-electron chi connectivity index (χ0n) is 12.7. The van der Waals surface area contributed by atoms with E-state index in [1.165, 1.54) is 37.1 Å². The maximum atomic E-state index is 3.64. The van der Waals surface area contributed by atoms with Crippen LogP contribution in [-0.4, -0.2) is 25.7 Å². The van der Waals surface area contributed by atoms with Crippen LogP contribution in [0.4, 0.5) is 5.69 Å². The Morgan fingerprint density at radius 1 is 1.21 bits per heavy atom. The van der Waals surface area contributed by atoms with E-state index < -0.39 is 0 Å². The summed E-state index contributed by atoms with van der Waals surface area (Å²) in [5.41, 5.74) is 2.99. The Morgan fingerprint density at radius 3 is 2.74 bits per heavy atom. The Morgan fingerprint density at radius 2 is 2.00 bits per heavy atom. The van der Waals surface area contributed by atoms with Crippen molar-refractivity contribution >= 4 is 5.69 Å². The first-order valence-corrected chi connectivity index (χ1v) is 7.78. The highest BCUT2D eigenvalue weighted by Crippen LogP contribution is 2.26. The van der Waals surface area contributed by atoms with Crippen LogP contribution >= 0.6 is 0 Å². The van der Waals surface area contributed by atoms with E-state index in [4.69, 9.17) is 0 Å². The number of nitrogens with zero attached hydrogens (tertiary/aromatic N) is 1. The van der Waals surface area contributed by atoms with Crippen molar-refractivity contribution in [2.45, 2.75) is 46.1 Å². The third-order valence-electron chi connectivity index (χ3n) is 4.14. The predicted octanol–water partition coefficient (Wildman–Crippen LogP) is 3.46. The van der Waals surface area contributed by atoms with Gasteiger partial charge in [-0.1, -0.05) is 39.0 Å². The molecule has 0 saturated carbocycles. The van der Waals surface area contributed by atoms with E-state index in [1.807, 2.05) is 0 Å². The summed E-state index contributed by atoms with van der Waals surface area (Å²) in [5, 5.41) is 3.64. The molecule has 1 N–H and O–H groups in total. The minimum absolute atomic E-state index is 0.580. The number of para-hydroxylation sites is 1. The van der Waals surface area contributed by atoms with E-state index in [-0.39, 0.29) is 0 Å². The van der Waals surface area contributed by atoms with Crippen LogP contribution < -0.4 is 10.2 Å². The van der Waals surface area contributed by atoms with Gasteiger partial charge in [0.2, 0.25) is 0 Å². The fraction of sp³-hybridized carbons (Fsp3) is 0.647. The Balaban J connectivity index is 2.14. The van der Waals surface area contributed by atoms with E-state index in [2.05, 4.69) is 55.3 Å². The Labute approximate surface area is 118 Å². The highest BCUT2D eigenvalue weighted by atomic mass is 15.2. The number of nitrogens with one attached hydrogen (secondary N) is 1. The van der Waals surface area contributed by atoms with Gasteiger partial charge in [-0.25, -0.2) is 0 Å². The molecule has 0 aliphatic carbocycles. The molecule has 1 aromatic rings. The zero-order chi connectivity index (χ0) is 13.7. The zero-order valence-corrected chi connectivity index (χ0v) is 12.7. The molecule has 0 spiro atoms. The summed E-state index contributed by atoms with van der Waals surface area (Å²) in [7, 11) is 0. The first kappa shape index (κ1) is 14.4. The second-order valence-electron chi connectivity index (χ2n) is 5.94. The molecule has 19 heavy (non-hydrogen) atoms. The molecule has 1 heterocycles. The molecule has 2 heteroatoms. The lowest BCUT2D eigenvalue weighted by atomic mass is 10.0. The normalized spacial score (nSPS) is 17.2. The van der Waals surface area contributed by atoms with Crippen LogP contribution in [0, 0.1) is 5.92 Å². The molecule has 1 aliphatic rings. The number of anilines is 1. The standard InChI is InChI=1S/C17H28N2/c1-4-18-16(14(2)3)13-19-12-8-7-10-15-9-5-6-11-17(15)19/h5-6,9,11,14,16,18H,4,7-8,10,12-13H2,1-3H3. The van der Waals surface area contributed by atoms with E-state index in [0.29, 0.717) is 12.0 Å². The second kappa shape index (κ2) is 6.95. The number of rotatable bonds is 5. The fourth-order valence-corrected chi connectivity index (χ4v) is 2.97. The van der Waals surface area contributed by atoms with Crippen molar-refractivity contribution in [3.05, 3.63) is 29.8 Å². The number of hydrogen-bond acceptors (Lipinski definition) is 2. The molecule has 0 fully saturated rings. The smallest absolute Gasteiger partial charge is 0.0399 e. The molecule has 0 aromatic heterocycles. The van der Waals surface area contributed by atoms with Gasteiger partial charge in [-0.15, -0.1) is 0 Å². The Kier molecular flexibility index (Phi) is 5.26. The van der Waals surface area contributed by atoms with Gasteiger partial charge in [-0.2, -0.15) is 0 Å². The van der Waals surface area contributed by atoms with Crippen LogP contribution in [0.3, 0.4) is 0 Å². The van der Waals surface area contributed by atoms with Crippen LogP contribution in [-0.2, 0) is 6.42 Å². The van der Waals surface area contributed by atoms with Gasteiger partial charge in [0.25, 0.3) is 0 Å². The number of likely N-dealkylation sites (N-methyl/N-ethyl adjacent to an activating group) is 1. The Hall–Kier alpha value is -1.02. The number of aryl methyl sites for hydroxylation is 1. The summed E-state index contributed by atoms with van der Waals surface area (Å²) < 4.78 is 0. The molecule has 2 rings (SSSR count). The van der Waals surface area contributed by atoms with Crippen molar-refractivity contribution in [2.75, 3.05) is 24.5 Å². The summed E-state index contributed by atoms with van der Waals surface area (Å²) in [6, 6.07) is 9.52. The molecule has 1 aliphatic heterocycles. The molecule has 1 atom stereocenters. The average Bonchev–Trinajstić information content (AvgIpc) is 2.61. The summed E-state index contributed by atoms with van der Waals surface area (Å²) in [6.07, 6.45) is 3.87. The lowest BCUT2D eigenvalue weighted by Crippen LogP contribution is -2.44. The van der Waals surface area contributed by atoms with Gasteiger partial charge in [0.1, 0.15) is 0 Å². The third-order valence-corrected chi connectivity index (χ3v) is 4.14. The predicted molar refractivity (Wildman–Crippen MR) is 83.9 cm³/mol. The fourth-order valence-electron chi connectivity index (χ4n) is 2.97. The topological polar surface area (TPSA) is 15.3 Å². The second-order valence-corrected chi connectivity index (χ2v) is 5.94. The first-order valence-electron chi connectivity index (χ1n) is 7.78. The molecule has 106 valence electrons. The number of benzene rings is 1. The van der Waals surface area contributed by atoms with Gasteiger partial charge < -0.3 is 10.2 Å². The summed E-state index contributed by atoms with van der Waals surface area (Å²) in [4.78, 5) is 2.59. The van der Waals surface area contributed by atoms with Crippen molar-refractivity contribution in [3.8, 4) is 0 Å². The average molecular weight is 260 g/mol. The molecule has 0 amide bonds. The van der Waals surface area contributed by atoms with E-state index in [0.717, 1.165) is 13.1 Å². The lowest BCUT2D eigenvalue weighted by Gasteiger charge is -2.32. The van der Waals surface area contributed by atoms with E-state index >= 15 is 0 Å². The van der Waals surface area contributed by atoms with Gasteiger partial charge >= 0.3 is 0 Å². The van der Waals surface area contributed by atoms with Crippen molar-refractivity contribution in [2.24, 2.45) is 5.92 Å². The van der Waals surface area contributed by atoms with Crippen LogP contribution in [0.25, 0.3) is 0 Å². The van der Waals surface area contributed by atoms with Gasteiger partial charge in [0, 0.05) is 24.8 Å². The molecular weight excluding hydrogens is 232 g/mol. The molecule has 1 unspecified atom stereocenters. The SMILES string of the molecule is CCNC(CN1CCCCc2ccccc21)C(C)C. The Bertz CT molecular complexity index is 387. The largest absolute Gasteiger partial charge is 0.370 e. The minimum atomic E-state index is 0.580. The highest BCUT2D eigenvalue weighted by molar-refractivity contribution is 5.54. The number of fused-ring (bicyclic) bond motifs is 1. The monoisotopic (exact) mass is 260 g/mol. The lowest BCUT2D eigenvalue weighted by molar-refractivity contribution is 0.404. The van der Waals surface area contributed by atoms with E-state index in [9.17, 15) is 0 Å².